The van der Waals surface area contributed by atoms with Gasteiger partial charge in [0.05, 0.1) is 0 Å². The van der Waals surface area contributed by atoms with E-state index >= 15 is 0 Å². The Morgan fingerprint density at radius 3 is 2.68 bits per heavy atom. The zero-order valence-electron chi connectivity index (χ0n) is 11.6. The van der Waals surface area contributed by atoms with Gasteiger partial charge < -0.3 is 15.8 Å². The van der Waals surface area contributed by atoms with E-state index in [4.69, 9.17) is 22.1 Å². The van der Waals surface area contributed by atoms with Crippen LogP contribution in [0.2, 0.25) is 5.02 Å². The van der Waals surface area contributed by atoms with Gasteiger partial charge in [-0.15, -0.1) is 0 Å². The molecule has 1 rings (SSSR count). The minimum absolute atomic E-state index is 0.0261. The second kappa shape index (κ2) is 6.78. The number of nitrogens with two attached hydrogens (primary N) is 1. The number of rotatable bonds is 6. The molecule has 3 N–H and O–H groups in total. The maximum absolute atomic E-state index is 11.7. The predicted octanol–water partition coefficient (Wildman–Crippen LogP) is 2.48. The molecule has 0 atom stereocenters. The lowest BCUT2D eigenvalue weighted by Gasteiger charge is -2.24. The van der Waals surface area contributed by atoms with E-state index in [1.807, 2.05) is 20.8 Å². The van der Waals surface area contributed by atoms with Crippen LogP contribution in [0.25, 0.3) is 0 Å². The number of ether oxygens (including phenoxy) is 1. The van der Waals surface area contributed by atoms with Crippen LogP contribution < -0.4 is 15.8 Å². The van der Waals surface area contributed by atoms with Crippen LogP contribution in [0.15, 0.2) is 18.2 Å². The fraction of sp³-hybridized carbons (Fsp3) is 0.500. The van der Waals surface area contributed by atoms with Crippen LogP contribution >= 0.6 is 11.6 Å². The van der Waals surface area contributed by atoms with Crippen molar-refractivity contribution in [3.05, 3.63) is 28.8 Å². The molecule has 0 fully saturated rings. The van der Waals surface area contributed by atoms with Gasteiger partial charge in [0.1, 0.15) is 5.75 Å². The van der Waals surface area contributed by atoms with Gasteiger partial charge in [-0.25, -0.2) is 0 Å². The first kappa shape index (κ1) is 15.8. The van der Waals surface area contributed by atoms with Gasteiger partial charge in [-0.05, 0) is 38.0 Å². The summed E-state index contributed by atoms with van der Waals surface area (Å²) in [6, 6.07) is 5.22. The van der Waals surface area contributed by atoms with Gasteiger partial charge in [0.25, 0.3) is 5.91 Å². The highest BCUT2D eigenvalue weighted by Crippen LogP contribution is 2.22. The van der Waals surface area contributed by atoms with E-state index < -0.39 is 0 Å². The Morgan fingerprint density at radius 2 is 2.16 bits per heavy atom. The molecule has 0 saturated carbocycles. The van der Waals surface area contributed by atoms with Gasteiger partial charge in [0, 0.05) is 17.1 Å². The van der Waals surface area contributed by atoms with E-state index in [9.17, 15) is 4.79 Å². The average Bonchev–Trinajstić information content (AvgIpc) is 2.36. The standard InChI is InChI=1S/C14H21ClN2O2/c1-4-14(2,3)17-13(18)9-19-11-6-5-10(8-16)12(15)7-11/h5-7H,4,8-9,16H2,1-3H3,(H,17,18). The monoisotopic (exact) mass is 284 g/mol. The van der Waals surface area contributed by atoms with Crippen LogP contribution in [0.3, 0.4) is 0 Å². The maximum atomic E-state index is 11.7. The molecule has 0 aliphatic rings. The molecule has 0 bridgehead atoms. The van der Waals surface area contributed by atoms with Crippen molar-refractivity contribution in [3.63, 3.8) is 0 Å². The van der Waals surface area contributed by atoms with E-state index in [-0.39, 0.29) is 18.1 Å². The molecule has 0 unspecified atom stereocenters. The number of benzene rings is 1. The van der Waals surface area contributed by atoms with Gasteiger partial charge in [0.15, 0.2) is 6.61 Å². The average molecular weight is 285 g/mol. The third-order valence-corrected chi connectivity index (χ3v) is 3.33. The van der Waals surface area contributed by atoms with Gasteiger partial charge in [-0.2, -0.15) is 0 Å². The van der Waals surface area contributed by atoms with Crippen molar-refractivity contribution in [2.45, 2.75) is 39.3 Å². The molecule has 4 nitrogen and oxygen atoms in total. The Morgan fingerprint density at radius 1 is 1.47 bits per heavy atom. The zero-order chi connectivity index (χ0) is 14.5. The van der Waals surface area contributed by atoms with Gasteiger partial charge >= 0.3 is 0 Å². The maximum Gasteiger partial charge on any atom is 0.258 e. The molecule has 1 aromatic carbocycles. The summed E-state index contributed by atoms with van der Waals surface area (Å²) in [6.07, 6.45) is 0.857. The highest BCUT2D eigenvalue weighted by Gasteiger charge is 2.17. The summed E-state index contributed by atoms with van der Waals surface area (Å²) in [7, 11) is 0. The number of amides is 1. The van der Waals surface area contributed by atoms with Crippen LogP contribution in [0.5, 0.6) is 5.75 Å². The molecule has 0 heterocycles. The first-order chi connectivity index (χ1) is 8.88. The van der Waals surface area contributed by atoms with Crippen LogP contribution in [0.4, 0.5) is 0 Å². The minimum atomic E-state index is -0.221. The van der Waals surface area contributed by atoms with Crippen molar-refractivity contribution in [2.24, 2.45) is 5.73 Å². The summed E-state index contributed by atoms with van der Waals surface area (Å²) < 4.78 is 5.40. The number of hydrogen-bond acceptors (Lipinski definition) is 3. The molecule has 0 spiro atoms. The second-order valence-corrected chi connectivity index (χ2v) is 5.44. The van der Waals surface area contributed by atoms with Crippen LogP contribution in [0, 0.1) is 0 Å². The third-order valence-electron chi connectivity index (χ3n) is 2.98. The van der Waals surface area contributed by atoms with Gasteiger partial charge in [-0.1, -0.05) is 24.6 Å². The molecular weight excluding hydrogens is 264 g/mol. The highest BCUT2D eigenvalue weighted by atomic mass is 35.5. The van der Waals surface area contributed by atoms with Gasteiger partial charge in [0.2, 0.25) is 0 Å². The second-order valence-electron chi connectivity index (χ2n) is 5.03. The normalized spacial score (nSPS) is 11.2. The number of hydrogen-bond donors (Lipinski definition) is 2. The van der Waals surface area contributed by atoms with Crippen LogP contribution in [0.1, 0.15) is 32.8 Å². The van der Waals surface area contributed by atoms with Crippen molar-refractivity contribution in [1.82, 2.24) is 5.32 Å². The van der Waals surface area contributed by atoms with E-state index in [1.165, 1.54) is 0 Å². The molecule has 0 aromatic heterocycles. The summed E-state index contributed by atoms with van der Waals surface area (Å²) in [5, 5.41) is 3.45. The molecule has 5 heteroatoms. The summed E-state index contributed by atoms with van der Waals surface area (Å²) in [6.45, 7) is 6.31. The number of halogens is 1. The Kier molecular flexibility index (Phi) is 5.63. The van der Waals surface area contributed by atoms with E-state index in [1.54, 1.807) is 18.2 Å². The fourth-order valence-corrected chi connectivity index (χ4v) is 1.68. The molecule has 1 aromatic rings. The first-order valence-electron chi connectivity index (χ1n) is 6.30. The summed E-state index contributed by atoms with van der Waals surface area (Å²) in [5.74, 6) is 0.414. The lowest BCUT2D eigenvalue weighted by atomic mass is 10.0. The molecule has 19 heavy (non-hydrogen) atoms. The number of nitrogens with one attached hydrogen (secondary N) is 1. The largest absolute Gasteiger partial charge is 0.484 e. The van der Waals surface area contributed by atoms with Crippen LogP contribution in [-0.4, -0.2) is 18.1 Å². The molecule has 0 saturated heterocycles. The Bertz CT molecular complexity index is 447. The van der Waals surface area contributed by atoms with E-state index in [0.717, 1.165) is 12.0 Å². The Hall–Kier alpha value is -1.26. The molecule has 0 aliphatic heterocycles. The Labute approximate surface area is 119 Å². The smallest absolute Gasteiger partial charge is 0.258 e. The quantitative estimate of drug-likeness (QED) is 0.843. The highest BCUT2D eigenvalue weighted by molar-refractivity contribution is 6.31. The molecule has 106 valence electrons. The van der Waals surface area contributed by atoms with Crippen molar-refractivity contribution in [1.29, 1.82) is 0 Å². The fourth-order valence-electron chi connectivity index (χ4n) is 1.43. The predicted molar refractivity (Wildman–Crippen MR) is 77.4 cm³/mol. The lowest BCUT2D eigenvalue weighted by molar-refractivity contribution is -0.124. The SMILES string of the molecule is CCC(C)(C)NC(=O)COc1ccc(CN)c(Cl)c1. The molecular formula is C14H21ClN2O2. The molecule has 1 amide bonds. The van der Waals surface area contributed by atoms with Crippen molar-refractivity contribution >= 4 is 17.5 Å². The van der Waals surface area contributed by atoms with Gasteiger partial charge in [-0.3, -0.25) is 4.79 Å². The molecule has 0 aliphatic carbocycles. The first-order valence-corrected chi connectivity index (χ1v) is 6.68. The topological polar surface area (TPSA) is 64.3 Å². The zero-order valence-corrected chi connectivity index (χ0v) is 12.4. The third kappa shape index (κ3) is 5.09. The summed E-state index contributed by atoms with van der Waals surface area (Å²) in [4.78, 5) is 11.7. The lowest BCUT2D eigenvalue weighted by Crippen LogP contribution is -2.44. The number of carbonyl (C=O) groups is 1. The Balaban J connectivity index is 2.53. The summed E-state index contributed by atoms with van der Waals surface area (Å²) in [5.41, 5.74) is 6.15. The van der Waals surface area contributed by atoms with Crippen molar-refractivity contribution < 1.29 is 9.53 Å². The molecule has 0 radical (unpaired) electrons. The van der Waals surface area contributed by atoms with Crippen molar-refractivity contribution in [2.75, 3.05) is 6.61 Å². The van der Waals surface area contributed by atoms with Crippen molar-refractivity contribution in [3.8, 4) is 5.75 Å². The van der Waals surface area contributed by atoms with E-state index in [0.29, 0.717) is 17.3 Å². The number of carbonyl (C=O) groups excluding carboxylic acids is 1. The van der Waals surface area contributed by atoms with E-state index in [2.05, 4.69) is 5.32 Å². The minimum Gasteiger partial charge on any atom is -0.484 e. The van der Waals surface area contributed by atoms with Crippen LogP contribution in [-0.2, 0) is 11.3 Å². The summed E-state index contributed by atoms with van der Waals surface area (Å²) >= 11 is 6.01.